The lowest BCUT2D eigenvalue weighted by Crippen LogP contribution is -2.49. The minimum Gasteiger partial charge on any atom is -0.467 e. The molecule has 4 rings (SSSR count). The molecule has 8 heteroatoms. The third-order valence-corrected chi connectivity index (χ3v) is 7.14. The number of thiophene rings is 1. The van der Waals surface area contributed by atoms with Crippen molar-refractivity contribution in [3.63, 3.8) is 0 Å². The van der Waals surface area contributed by atoms with Crippen LogP contribution in [-0.2, 0) is 9.59 Å². The number of rotatable bonds is 8. The van der Waals surface area contributed by atoms with Gasteiger partial charge in [-0.25, -0.2) is 0 Å². The number of furan rings is 1. The van der Waals surface area contributed by atoms with Crippen molar-refractivity contribution in [3.05, 3.63) is 75.9 Å². The molecule has 0 spiro atoms. The van der Waals surface area contributed by atoms with Crippen LogP contribution >= 0.6 is 11.3 Å². The van der Waals surface area contributed by atoms with Crippen LogP contribution < -0.4 is 15.5 Å². The van der Waals surface area contributed by atoms with Crippen LogP contribution in [0.4, 0.5) is 5.69 Å². The highest BCUT2D eigenvalue weighted by molar-refractivity contribution is 7.12. The molecule has 1 atom stereocenters. The van der Waals surface area contributed by atoms with Crippen LogP contribution in [0.25, 0.3) is 0 Å². The van der Waals surface area contributed by atoms with E-state index in [1.165, 1.54) is 22.5 Å². The van der Waals surface area contributed by atoms with E-state index in [4.69, 9.17) is 4.42 Å². The average molecular weight is 480 g/mol. The molecule has 3 aromatic rings. The Morgan fingerprint density at radius 2 is 1.88 bits per heavy atom. The Morgan fingerprint density at radius 3 is 2.56 bits per heavy atom. The summed E-state index contributed by atoms with van der Waals surface area (Å²) < 4.78 is 5.65. The molecule has 1 aliphatic carbocycles. The smallest absolute Gasteiger partial charge is 0.261 e. The van der Waals surface area contributed by atoms with Crippen molar-refractivity contribution in [2.24, 2.45) is 0 Å². The number of nitrogens with one attached hydrogen (secondary N) is 2. The Balaban J connectivity index is 1.68. The predicted molar refractivity (Wildman–Crippen MR) is 132 cm³/mol. The zero-order valence-corrected chi connectivity index (χ0v) is 20.2. The molecular formula is C26H29N3O4S. The molecule has 0 bridgehead atoms. The number of aryl methyl sites for hydroxylation is 1. The summed E-state index contributed by atoms with van der Waals surface area (Å²) in [6.45, 7) is 3.63. The highest BCUT2D eigenvalue weighted by atomic mass is 32.1. The summed E-state index contributed by atoms with van der Waals surface area (Å²) >= 11 is 1.30. The number of hydrogen-bond donors (Lipinski definition) is 2. The topological polar surface area (TPSA) is 91.7 Å². The van der Waals surface area contributed by atoms with Gasteiger partial charge in [-0.1, -0.05) is 31.0 Å². The molecule has 2 heterocycles. The lowest BCUT2D eigenvalue weighted by atomic mass is 10.0. The Bertz CT molecular complexity index is 1140. The molecule has 1 saturated carbocycles. The standard InChI is InChI=1S/C26H29N3O4S/c1-17-8-5-11-20(18(17)2)29(23(30)16-27-25(31)22-13-7-15-34-22)24(21-12-6-14-33-21)26(32)28-19-9-3-4-10-19/h5-8,11-15,19,24H,3-4,9-10,16H2,1-2H3,(H,27,31)(H,28,32)/t24-/m1/s1. The second kappa shape index (κ2) is 10.7. The molecule has 2 aromatic heterocycles. The lowest BCUT2D eigenvalue weighted by Gasteiger charge is -2.32. The van der Waals surface area contributed by atoms with E-state index in [0.717, 1.165) is 36.8 Å². The van der Waals surface area contributed by atoms with E-state index in [1.54, 1.807) is 29.6 Å². The normalized spacial score (nSPS) is 14.5. The van der Waals surface area contributed by atoms with Gasteiger partial charge in [0.25, 0.3) is 11.8 Å². The maximum atomic E-state index is 13.7. The van der Waals surface area contributed by atoms with Gasteiger partial charge in [-0.05, 0) is 67.5 Å². The first kappa shape index (κ1) is 23.8. The van der Waals surface area contributed by atoms with Gasteiger partial charge in [0.1, 0.15) is 5.76 Å². The molecule has 0 aliphatic heterocycles. The van der Waals surface area contributed by atoms with Crippen molar-refractivity contribution in [1.29, 1.82) is 0 Å². The summed E-state index contributed by atoms with van der Waals surface area (Å²) in [5, 5.41) is 7.62. The predicted octanol–water partition coefficient (Wildman–Crippen LogP) is 4.52. The summed E-state index contributed by atoms with van der Waals surface area (Å²) in [6, 6.07) is 11.6. The second-order valence-electron chi connectivity index (χ2n) is 8.55. The fourth-order valence-corrected chi connectivity index (χ4v) is 4.96. The van der Waals surface area contributed by atoms with Crippen LogP contribution in [-0.4, -0.2) is 30.3 Å². The van der Waals surface area contributed by atoms with Gasteiger partial charge >= 0.3 is 0 Å². The van der Waals surface area contributed by atoms with Gasteiger partial charge < -0.3 is 15.1 Å². The van der Waals surface area contributed by atoms with E-state index in [9.17, 15) is 14.4 Å². The molecule has 178 valence electrons. The maximum Gasteiger partial charge on any atom is 0.261 e. The van der Waals surface area contributed by atoms with Gasteiger partial charge in [0.05, 0.1) is 17.7 Å². The fourth-order valence-electron chi connectivity index (χ4n) is 4.32. The van der Waals surface area contributed by atoms with Crippen LogP contribution in [0.15, 0.2) is 58.5 Å². The molecule has 0 radical (unpaired) electrons. The highest BCUT2D eigenvalue weighted by Crippen LogP contribution is 2.32. The maximum absolute atomic E-state index is 13.7. The van der Waals surface area contributed by atoms with E-state index >= 15 is 0 Å². The first-order valence-corrected chi connectivity index (χ1v) is 12.4. The van der Waals surface area contributed by atoms with Gasteiger partial charge in [-0.15, -0.1) is 11.3 Å². The molecule has 2 N–H and O–H groups in total. The number of carbonyl (C=O) groups is 3. The van der Waals surface area contributed by atoms with Gasteiger partial charge in [0, 0.05) is 11.7 Å². The SMILES string of the molecule is Cc1cccc(N(C(=O)CNC(=O)c2cccs2)[C@@H](C(=O)NC2CCCC2)c2ccco2)c1C. The van der Waals surface area contributed by atoms with Gasteiger partial charge in [-0.3, -0.25) is 19.3 Å². The molecule has 1 aromatic carbocycles. The largest absolute Gasteiger partial charge is 0.467 e. The second-order valence-corrected chi connectivity index (χ2v) is 9.50. The van der Waals surface area contributed by atoms with Crippen LogP contribution in [0.2, 0.25) is 0 Å². The van der Waals surface area contributed by atoms with Crippen LogP contribution in [0.5, 0.6) is 0 Å². The Morgan fingerprint density at radius 1 is 1.09 bits per heavy atom. The fraction of sp³-hybridized carbons (Fsp3) is 0.346. The van der Waals surface area contributed by atoms with E-state index in [2.05, 4.69) is 10.6 Å². The lowest BCUT2D eigenvalue weighted by molar-refractivity contribution is -0.127. The summed E-state index contributed by atoms with van der Waals surface area (Å²) in [6.07, 6.45) is 5.49. The molecule has 0 saturated heterocycles. The summed E-state index contributed by atoms with van der Waals surface area (Å²) in [7, 11) is 0. The third kappa shape index (κ3) is 5.22. The number of hydrogen-bond acceptors (Lipinski definition) is 5. The van der Waals surface area contributed by atoms with Gasteiger partial charge in [-0.2, -0.15) is 0 Å². The summed E-state index contributed by atoms with van der Waals surface area (Å²) in [5.74, 6) is -0.647. The average Bonchev–Trinajstić information content (AvgIpc) is 3.61. The van der Waals surface area contributed by atoms with Crippen molar-refractivity contribution in [2.45, 2.75) is 51.6 Å². The number of benzene rings is 1. The van der Waals surface area contributed by atoms with Crippen LogP contribution in [0, 0.1) is 13.8 Å². The molecule has 3 amide bonds. The minimum atomic E-state index is -0.998. The van der Waals surface area contributed by atoms with Crippen molar-refractivity contribution in [2.75, 3.05) is 11.4 Å². The molecule has 1 aliphatic rings. The monoisotopic (exact) mass is 479 g/mol. The van der Waals surface area contributed by atoms with Gasteiger partial charge in [0.2, 0.25) is 5.91 Å². The Labute approximate surface area is 203 Å². The first-order valence-electron chi connectivity index (χ1n) is 11.5. The summed E-state index contributed by atoms with van der Waals surface area (Å²) in [5.41, 5.74) is 2.48. The van der Waals surface area contributed by atoms with Crippen molar-refractivity contribution in [1.82, 2.24) is 10.6 Å². The van der Waals surface area contributed by atoms with E-state index in [1.807, 2.05) is 32.0 Å². The molecule has 7 nitrogen and oxygen atoms in total. The number of anilines is 1. The van der Waals surface area contributed by atoms with E-state index in [0.29, 0.717) is 16.3 Å². The quantitative estimate of drug-likeness (QED) is 0.497. The van der Waals surface area contributed by atoms with Crippen LogP contribution in [0.1, 0.15) is 58.3 Å². The molecule has 0 unspecified atom stereocenters. The molecule has 34 heavy (non-hydrogen) atoms. The minimum absolute atomic E-state index is 0.0825. The Kier molecular flexibility index (Phi) is 7.47. The van der Waals surface area contributed by atoms with Crippen molar-refractivity contribution < 1.29 is 18.8 Å². The molecule has 1 fully saturated rings. The third-order valence-electron chi connectivity index (χ3n) is 6.27. The van der Waals surface area contributed by atoms with Crippen molar-refractivity contribution >= 4 is 34.7 Å². The van der Waals surface area contributed by atoms with E-state index < -0.39 is 11.9 Å². The zero-order valence-electron chi connectivity index (χ0n) is 19.4. The highest BCUT2D eigenvalue weighted by Gasteiger charge is 2.37. The number of amides is 3. The first-order chi connectivity index (χ1) is 16.5. The van der Waals surface area contributed by atoms with Crippen LogP contribution in [0.3, 0.4) is 0 Å². The van der Waals surface area contributed by atoms with Crippen molar-refractivity contribution in [3.8, 4) is 0 Å². The number of nitrogens with zero attached hydrogens (tertiary/aromatic N) is 1. The van der Waals surface area contributed by atoms with Gasteiger partial charge in [0.15, 0.2) is 6.04 Å². The Hall–Kier alpha value is -3.39. The van der Waals surface area contributed by atoms with E-state index in [-0.39, 0.29) is 24.4 Å². The molecular weight excluding hydrogens is 450 g/mol. The summed E-state index contributed by atoms with van der Waals surface area (Å²) in [4.78, 5) is 41.7. The number of carbonyl (C=O) groups excluding carboxylic acids is 3. The zero-order chi connectivity index (χ0) is 24.1.